The predicted molar refractivity (Wildman–Crippen MR) is 96.6 cm³/mol. The lowest BCUT2D eigenvalue weighted by atomic mass is 9.92. The largest absolute Gasteiger partial charge is 0.416 e. The second kappa shape index (κ2) is 8.75. The molecule has 0 bridgehead atoms. The molecule has 0 fully saturated rings. The van der Waals surface area contributed by atoms with Crippen molar-refractivity contribution in [2.45, 2.75) is 30.1 Å². The van der Waals surface area contributed by atoms with Crippen molar-refractivity contribution in [1.29, 1.82) is 0 Å². The molecule has 2 nitrogen and oxygen atoms in total. The van der Waals surface area contributed by atoms with Crippen LogP contribution in [0.2, 0.25) is 0 Å². The molecule has 28 heavy (non-hydrogen) atoms. The van der Waals surface area contributed by atoms with Crippen LogP contribution in [-0.2, 0) is 23.7 Å². The molecule has 0 aromatic heterocycles. The lowest BCUT2D eigenvalue weighted by Gasteiger charge is -2.28. The Bertz CT molecular complexity index is 746. The Morgan fingerprint density at radius 1 is 0.821 bits per heavy atom. The molecule has 2 aromatic carbocycles. The molecule has 1 atom stereocenters. The summed E-state index contributed by atoms with van der Waals surface area (Å²) in [6, 6.07) is 10.1. The quantitative estimate of drug-likeness (QED) is 0.603. The Hall–Kier alpha value is -1.71. The van der Waals surface area contributed by atoms with Crippen LogP contribution < -0.4 is 5.73 Å². The maximum Gasteiger partial charge on any atom is 0.416 e. The topological polar surface area (TPSA) is 46.2 Å². The molecule has 3 N–H and O–H groups in total. The van der Waals surface area contributed by atoms with Crippen molar-refractivity contribution in [3.05, 3.63) is 70.8 Å². The van der Waals surface area contributed by atoms with Gasteiger partial charge in [0.15, 0.2) is 0 Å². The fraction of sp³-hybridized carbons (Fsp3) is 0.368. The van der Waals surface area contributed by atoms with Gasteiger partial charge in [0.25, 0.3) is 0 Å². The Morgan fingerprint density at radius 3 is 1.82 bits per heavy atom. The van der Waals surface area contributed by atoms with E-state index in [-0.39, 0.29) is 36.1 Å². The van der Waals surface area contributed by atoms with Gasteiger partial charge in [-0.25, -0.2) is 0 Å². The highest BCUT2D eigenvalue weighted by atomic mass is 32.2. The van der Waals surface area contributed by atoms with Crippen LogP contribution in [0.5, 0.6) is 0 Å². The van der Waals surface area contributed by atoms with Gasteiger partial charge in [-0.15, -0.1) is 0 Å². The van der Waals surface area contributed by atoms with Crippen molar-refractivity contribution in [2.24, 2.45) is 5.73 Å². The third-order valence-electron chi connectivity index (χ3n) is 4.13. The Morgan fingerprint density at radius 2 is 1.36 bits per heavy atom. The van der Waals surface area contributed by atoms with E-state index in [0.29, 0.717) is 17.7 Å². The van der Waals surface area contributed by atoms with Crippen LogP contribution in [-0.4, -0.2) is 17.4 Å². The highest BCUT2D eigenvalue weighted by Gasteiger charge is 2.37. The van der Waals surface area contributed by atoms with Gasteiger partial charge in [0.1, 0.15) is 0 Å². The first-order valence-electron chi connectivity index (χ1n) is 8.30. The molecular formula is C19H19F6NOS. The van der Waals surface area contributed by atoms with E-state index in [9.17, 15) is 31.4 Å². The van der Waals surface area contributed by atoms with Gasteiger partial charge in [0, 0.05) is 11.5 Å². The number of nitrogens with two attached hydrogens (primary N) is 1. The third kappa shape index (κ3) is 5.89. The number of thioether (sulfide) groups is 1. The average Bonchev–Trinajstić information content (AvgIpc) is 2.61. The van der Waals surface area contributed by atoms with Gasteiger partial charge in [-0.3, -0.25) is 0 Å². The number of halogens is 6. The van der Waals surface area contributed by atoms with Gasteiger partial charge in [-0.05, 0) is 42.3 Å². The fourth-order valence-corrected chi connectivity index (χ4v) is 3.88. The van der Waals surface area contributed by atoms with E-state index < -0.39 is 29.1 Å². The van der Waals surface area contributed by atoms with Crippen LogP contribution in [0.4, 0.5) is 26.3 Å². The molecule has 9 heteroatoms. The van der Waals surface area contributed by atoms with Crippen LogP contribution in [0.25, 0.3) is 0 Å². The molecule has 154 valence electrons. The predicted octanol–water partition coefficient (Wildman–Crippen LogP) is 5.19. The van der Waals surface area contributed by atoms with Crippen LogP contribution >= 0.6 is 11.8 Å². The minimum absolute atomic E-state index is 0.0752. The maximum atomic E-state index is 12.9. The van der Waals surface area contributed by atoms with Gasteiger partial charge < -0.3 is 10.8 Å². The zero-order valence-electron chi connectivity index (χ0n) is 14.6. The highest BCUT2D eigenvalue weighted by molar-refractivity contribution is 7.98. The summed E-state index contributed by atoms with van der Waals surface area (Å²) in [6.07, 6.45) is -9.56. The van der Waals surface area contributed by atoms with E-state index in [4.69, 9.17) is 5.73 Å². The normalized spacial score (nSPS) is 14.7. The smallest absolute Gasteiger partial charge is 0.384 e. The SMILES string of the molecule is NCCC(O)(CSCc1cc(C(F)(F)F)cc(C(F)(F)F)c1)c1ccccc1. The maximum absolute atomic E-state index is 12.9. The number of aliphatic hydroxyl groups is 1. The zero-order chi connectivity index (χ0) is 21.0. The summed E-state index contributed by atoms with van der Waals surface area (Å²) in [7, 11) is 0. The highest BCUT2D eigenvalue weighted by Crippen LogP contribution is 2.37. The number of hydrogen-bond acceptors (Lipinski definition) is 3. The zero-order valence-corrected chi connectivity index (χ0v) is 15.5. The van der Waals surface area contributed by atoms with Gasteiger partial charge in [0.2, 0.25) is 0 Å². The van der Waals surface area contributed by atoms with E-state index in [1.165, 1.54) is 0 Å². The van der Waals surface area contributed by atoms with Crippen molar-refractivity contribution < 1.29 is 31.4 Å². The summed E-state index contributed by atoms with van der Waals surface area (Å²) in [5, 5.41) is 10.9. The monoisotopic (exact) mass is 423 g/mol. The van der Waals surface area contributed by atoms with E-state index >= 15 is 0 Å². The van der Waals surface area contributed by atoms with Crippen LogP contribution in [0.15, 0.2) is 48.5 Å². The van der Waals surface area contributed by atoms with Crippen LogP contribution in [0, 0.1) is 0 Å². The molecule has 0 radical (unpaired) electrons. The second-order valence-corrected chi connectivity index (χ2v) is 7.33. The lowest BCUT2D eigenvalue weighted by molar-refractivity contribution is -0.143. The number of hydrogen-bond donors (Lipinski definition) is 2. The van der Waals surface area contributed by atoms with Crippen LogP contribution in [0.3, 0.4) is 0 Å². The third-order valence-corrected chi connectivity index (χ3v) is 5.35. The molecule has 0 aliphatic rings. The summed E-state index contributed by atoms with van der Waals surface area (Å²) in [4.78, 5) is 0. The van der Waals surface area contributed by atoms with Crippen LogP contribution in [0.1, 0.15) is 28.7 Å². The molecule has 0 aliphatic carbocycles. The first-order chi connectivity index (χ1) is 13.0. The molecule has 2 rings (SSSR count). The first-order valence-corrected chi connectivity index (χ1v) is 9.45. The van der Waals surface area contributed by atoms with Crippen molar-refractivity contribution >= 4 is 11.8 Å². The van der Waals surface area contributed by atoms with Crippen molar-refractivity contribution in [2.75, 3.05) is 12.3 Å². The molecular weight excluding hydrogens is 404 g/mol. The number of alkyl halides is 6. The van der Waals surface area contributed by atoms with Crippen molar-refractivity contribution in [3.63, 3.8) is 0 Å². The first kappa shape index (κ1) is 22.6. The van der Waals surface area contributed by atoms with Gasteiger partial charge in [0.05, 0.1) is 16.7 Å². The van der Waals surface area contributed by atoms with Gasteiger partial charge in [-0.2, -0.15) is 38.1 Å². The van der Waals surface area contributed by atoms with Crippen molar-refractivity contribution in [3.8, 4) is 0 Å². The van der Waals surface area contributed by atoms with E-state index in [1.54, 1.807) is 30.3 Å². The lowest BCUT2D eigenvalue weighted by Crippen LogP contribution is -2.31. The van der Waals surface area contributed by atoms with E-state index in [1.807, 2.05) is 0 Å². The molecule has 0 spiro atoms. The Kier molecular flexibility index (Phi) is 7.06. The summed E-state index contributed by atoms with van der Waals surface area (Å²) in [5.41, 5.74) is 2.00. The van der Waals surface area contributed by atoms with E-state index in [2.05, 4.69) is 0 Å². The summed E-state index contributed by atoms with van der Waals surface area (Å²) in [5.74, 6) is -0.0431. The second-order valence-electron chi connectivity index (χ2n) is 6.34. The average molecular weight is 423 g/mol. The van der Waals surface area contributed by atoms with E-state index in [0.717, 1.165) is 11.8 Å². The standard InChI is InChI=1S/C19H19F6NOS/c20-18(21,22)15-8-13(9-16(10-15)19(23,24)25)11-28-12-17(27,6-7-26)14-4-2-1-3-5-14/h1-5,8-10,27H,6-7,11-12,26H2. The minimum Gasteiger partial charge on any atom is -0.384 e. The number of benzene rings is 2. The summed E-state index contributed by atoms with van der Waals surface area (Å²) >= 11 is 1.05. The van der Waals surface area contributed by atoms with Crippen molar-refractivity contribution in [1.82, 2.24) is 0 Å². The summed E-state index contributed by atoms with van der Waals surface area (Å²) in [6.45, 7) is 0.174. The molecule has 0 saturated heterocycles. The number of rotatable bonds is 7. The minimum atomic E-state index is -4.88. The molecule has 1 unspecified atom stereocenters. The Labute approximate surface area is 162 Å². The molecule has 0 heterocycles. The molecule has 0 saturated carbocycles. The van der Waals surface area contributed by atoms with Gasteiger partial charge in [-0.1, -0.05) is 30.3 Å². The summed E-state index contributed by atoms with van der Waals surface area (Å²) < 4.78 is 77.6. The molecule has 0 amide bonds. The Balaban J connectivity index is 2.21. The molecule has 0 aliphatic heterocycles. The molecule has 2 aromatic rings. The van der Waals surface area contributed by atoms with Gasteiger partial charge >= 0.3 is 12.4 Å². The fourth-order valence-electron chi connectivity index (χ4n) is 2.73.